The normalized spacial score (nSPS) is 14.9. The molecule has 29 heavy (non-hydrogen) atoms. The highest BCUT2D eigenvalue weighted by molar-refractivity contribution is 6.24. The van der Waals surface area contributed by atoms with Crippen molar-refractivity contribution in [3.63, 3.8) is 0 Å². The Bertz CT molecular complexity index is 1100. The predicted molar refractivity (Wildman–Crippen MR) is 110 cm³/mol. The van der Waals surface area contributed by atoms with Crippen LogP contribution < -0.4 is 15.8 Å². The molecule has 0 spiro atoms. The van der Waals surface area contributed by atoms with Crippen molar-refractivity contribution < 1.29 is 9.53 Å². The van der Waals surface area contributed by atoms with Gasteiger partial charge in [-0.1, -0.05) is 0 Å². The number of aromatic nitrogens is 4. The Labute approximate surface area is 168 Å². The van der Waals surface area contributed by atoms with Gasteiger partial charge < -0.3 is 20.4 Å². The summed E-state index contributed by atoms with van der Waals surface area (Å²) in [6, 6.07) is 5.54. The van der Waals surface area contributed by atoms with Crippen LogP contribution in [0.5, 0.6) is 5.75 Å². The van der Waals surface area contributed by atoms with Crippen LogP contribution in [0.1, 0.15) is 25.2 Å². The second-order valence-corrected chi connectivity index (χ2v) is 7.58. The molecule has 148 valence electrons. The number of nitrogens with one attached hydrogen (secondary N) is 1. The third-order valence-electron chi connectivity index (χ3n) is 4.65. The molecule has 1 amide bonds. The summed E-state index contributed by atoms with van der Waals surface area (Å²) >= 11 is 0. The number of hydrogen-bond acceptors (Lipinski definition) is 6. The quantitative estimate of drug-likeness (QED) is 0.663. The molecular formula is C21H22N6O2. The Balaban J connectivity index is 1.74. The van der Waals surface area contributed by atoms with E-state index in [9.17, 15) is 4.79 Å². The molecule has 0 radical (unpaired) electrons. The van der Waals surface area contributed by atoms with Crippen LogP contribution in [0.3, 0.4) is 0 Å². The maximum atomic E-state index is 13.0. The van der Waals surface area contributed by atoms with Crippen LogP contribution in [-0.4, -0.2) is 31.0 Å². The summed E-state index contributed by atoms with van der Waals surface area (Å²) in [4.78, 5) is 25.6. The van der Waals surface area contributed by atoms with Crippen molar-refractivity contribution in [2.45, 2.75) is 25.9 Å². The summed E-state index contributed by atoms with van der Waals surface area (Å²) in [5, 5.41) is 2.95. The average molecular weight is 390 g/mol. The van der Waals surface area contributed by atoms with Gasteiger partial charge in [-0.15, -0.1) is 0 Å². The molecule has 0 bridgehead atoms. The maximum absolute atomic E-state index is 13.0. The Morgan fingerprint density at radius 3 is 2.69 bits per heavy atom. The molecule has 8 nitrogen and oxygen atoms in total. The smallest absolute Gasteiger partial charge is 0.260 e. The minimum absolute atomic E-state index is 0.189. The van der Waals surface area contributed by atoms with Gasteiger partial charge in [0.2, 0.25) is 0 Å². The Morgan fingerprint density at radius 1 is 1.28 bits per heavy atom. The van der Waals surface area contributed by atoms with Gasteiger partial charge in [0, 0.05) is 49.4 Å². The van der Waals surface area contributed by atoms with Gasteiger partial charge in [0.1, 0.15) is 11.4 Å². The SMILES string of the molecule is Cn1cnc(-c2cc3c(cc2NC(=O)/C(=C/N)c2ncccn2)CC(C)(C)O3)c1. The molecule has 2 aromatic heterocycles. The van der Waals surface area contributed by atoms with E-state index in [0.717, 1.165) is 29.0 Å². The van der Waals surface area contributed by atoms with Crippen molar-refractivity contribution in [1.82, 2.24) is 19.5 Å². The van der Waals surface area contributed by atoms with Crippen molar-refractivity contribution in [2.75, 3.05) is 5.32 Å². The van der Waals surface area contributed by atoms with Gasteiger partial charge >= 0.3 is 0 Å². The van der Waals surface area contributed by atoms with E-state index in [2.05, 4.69) is 20.3 Å². The fourth-order valence-electron chi connectivity index (χ4n) is 3.40. The third-order valence-corrected chi connectivity index (χ3v) is 4.65. The molecule has 0 atom stereocenters. The summed E-state index contributed by atoms with van der Waals surface area (Å²) in [5.74, 6) is 0.668. The van der Waals surface area contributed by atoms with E-state index >= 15 is 0 Å². The molecule has 1 aliphatic rings. The minimum atomic E-state index is -0.394. The summed E-state index contributed by atoms with van der Waals surface area (Å²) in [5.41, 5.74) is 8.74. The van der Waals surface area contributed by atoms with E-state index in [1.54, 1.807) is 24.8 Å². The van der Waals surface area contributed by atoms with Crippen molar-refractivity contribution in [3.05, 3.63) is 60.7 Å². The highest BCUT2D eigenvalue weighted by atomic mass is 16.5. The third kappa shape index (κ3) is 3.69. The van der Waals surface area contributed by atoms with E-state index in [1.807, 2.05) is 43.8 Å². The van der Waals surface area contributed by atoms with Crippen molar-refractivity contribution in [1.29, 1.82) is 0 Å². The molecule has 0 saturated carbocycles. The zero-order chi connectivity index (χ0) is 20.6. The maximum Gasteiger partial charge on any atom is 0.260 e. The topological polar surface area (TPSA) is 108 Å². The fourth-order valence-corrected chi connectivity index (χ4v) is 3.40. The number of carbonyl (C=O) groups excluding carboxylic acids is 1. The Kier molecular flexibility index (Phi) is 4.54. The number of carbonyl (C=O) groups is 1. The van der Waals surface area contributed by atoms with Crippen molar-refractivity contribution in [2.24, 2.45) is 12.8 Å². The highest BCUT2D eigenvalue weighted by Crippen LogP contribution is 2.41. The lowest BCUT2D eigenvalue weighted by Crippen LogP contribution is -2.24. The molecule has 8 heteroatoms. The fraction of sp³-hybridized carbons (Fsp3) is 0.238. The second-order valence-electron chi connectivity index (χ2n) is 7.58. The molecule has 0 aliphatic carbocycles. The first-order valence-electron chi connectivity index (χ1n) is 9.21. The first kappa shape index (κ1) is 18.7. The summed E-state index contributed by atoms with van der Waals surface area (Å²) < 4.78 is 7.91. The lowest BCUT2D eigenvalue weighted by Gasteiger charge is -2.17. The molecule has 1 aromatic carbocycles. The lowest BCUT2D eigenvalue weighted by atomic mass is 9.99. The highest BCUT2D eigenvalue weighted by Gasteiger charge is 2.31. The Morgan fingerprint density at radius 2 is 2.03 bits per heavy atom. The van der Waals surface area contributed by atoms with E-state index in [0.29, 0.717) is 5.69 Å². The molecule has 0 fully saturated rings. The predicted octanol–water partition coefficient (Wildman–Crippen LogP) is 2.53. The number of nitrogens with two attached hydrogens (primary N) is 1. The van der Waals surface area contributed by atoms with E-state index in [4.69, 9.17) is 10.5 Å². The number of fused-ring (bicyclic) bond motifs is 1. The number of hydrogen-bond donors (Lipinski definition) is 2. The number of amides is 1. The first-order chi connectivity index (χ1) is 13.9. The van der Waals surface area contributed by atoms with Crippen LogP contribution in [0.2, 0.25) is 0 Å². The van der Waals surface area contributed by atoms with E-state index in [1.165, 1.54) is 6.20 Å². The van der Waals surface area contributed by atoms with Gasteiger partial charge in [0.25, 0.3) is 5.91 Å². The van der Waals surface area contributed by atoms with Crippen LogP contribution in [0, 0.1) is 0 Å². The zero-order valence-electron chi connectivity index (χ0n) is 16.5. The zero-order valence-corrected chi connectivity index (χ0v) is 16.5. The lowest BCUT2D eigenvalue weighted by molar-refractivity contribution is -0.111. The molecule has 0 unspecified atom stereocenters. The molecular weight excluding hydrogens is 368 g/mol. The molecule has 3 aromatic rings. The van der Waals surface area contributed by atoms with Crippen molar-refractivity contribution in [3.8, 4) is 17.0 Å². The van der Waals surface area contributed by atoms with Gasteiger partial charge in [-0.05, 0) is 32.0 Å². The van der Waals surface area contributed by atoms with Gasteiger partial charge in [-0.2, -0.15) is 0 Å². The molecule has 1 aliphatic heterocycles. The standard InChI is InChI=1S/C21H22N6O2/c1-21(2)9-13-7-16(14(8-18(13)29-21)17-11-27(3)12-25-17)26-20(28)15(10-22)19-23-5-4-6-24-19/h4-8,10-12H,9,22H2,1-3H3,(H,26,28)/b15-10+. The minimum Gasteiger partial charge on any atom is -0.487 e. The number of rotatable bonds is 4. The summed E-state index contributed by atoms with van der Waals surface area (Å²) in [6.07, 6.45) is 8.68. The number of nitrogens with zero attached hydrogens (tertiary/aromatic N) is 4. The molecule has 4 rings (SSSR count). The average Bonchev–Trinajstić information content (AvgIpc) is 3.23. The van der Waals surface area contributed by atoms with Crippen LogP contribution in [-0.2, 0) is 18.3 Å². The number of benzene rings is 1. The van der Waals surface area contributed by atoms with Gasteiger partial charge in [0.05, 0.1) is 23.3 Å². The Hall–Kier alpha value is -3.68. The van der Waals surface area contributed by atoms with Gasteiger partial charge in [0.15, 0.2) is 5.82 Å². The molecule has 3 N–H and O–H groups in total. The van der Waals surface area contributed by atoms with Gasteiger partial charge in [-0.25, -0.2) is 15.0 Å². The molecule has 3 heterocycles. The number of anilines is 1. The van der Waals surface area contributed by atoms with Crippen LogP contribution in [0.15, 0.2) is 49.3 Å². The van der Waals surface area contributed by atoms with E-state index < -0.39 is 5.91 Å². The van der Waals surface area contributed by atoms with Crippen LogP contribution in [0.25, 0.3) is 16.8 Å². The second kappa shape index (κ2) is 7.05. The van der Waals surface area contributed by atoms with E-state index in [-0.39, 0.29) is 17.0 Å². The monoisotopic (exact) mass is 390 g/mol. The van der Waals surface area contributed by atoms with Crippen molar-refractivity contribution >= 4 is 17.2 Å². The number of ether oxygens (including phenoxy) is 1. The summed E-state index contributed by atoms with van der Waals surface area (Å²) in [6.45, 7) is 4.07. The molecule has 0 saturated heterocycles. The summed E-state index contributed by atoms with van der Waals surface area (Å²) in [7, 11) is 1.89. The first-order valence-corrected chi connectivity index (χ1v) is 9.21. The number of aryl methyl sites for hydroxylation is 1. The van der Waals surface area contributed by atoms with Crippen LogP contribution >= 0.6 is 0 Å². The van der Waals surface area contributed by atoms with Gasteiger partial charge in [-0.3, -0.25) is 4.79 Å². The number of imidazole rings is 1. The van der Waals surface area contributed by atoms with Crippen LogP contribution in [0.4, 0.5) is 5.69 Å². The largest absolute Gasteiger partial charge is 0.487 e.